The van der Waals surface area contributed by atoms with Crippen LogP contribution in [0.4, 0.5) is 30.2 Å². The molecular formula is C27H27F3N2O2. The van der Waals surface area contributed by atoms with Gasteiger partial charge in [-0.25, -0.2) is 0 Å². The summed E-state index contributed by atoms with van der Waals surface area (Å²) in [6.45, 7) is 4.29. The number of carbonyl (C=O) groups excluding carboxylic acids is 2. The molecule has 0 aliphatic rings. The first-order valence-corrected chi connectivity index (χ1v) is 11.1. The van der Waals surface area contributed by atoms with Gasteiger partial charge in [0.15, 0.2) is 0 Å². The molecule has 0 aromatic heterocycles. The lowest BCUT2D eigenvalue weighted by Crippen LogP contribution is -2.34. The van der Waals surface area contributed by atoms with Crippen LogP contribution < -0.4 is 9.80 Å². The molecule has 34 heavy (non-hydrogen) atoms. The molecule has 4 nitrogen and oxygen atoms in total. The van der Waals surface area contributed by atoms with Crippen molar-refractivity contribution >= 4 is 29.3 Å². The maximum atomic E-state index is 14.0. The fraction of sp³-hybridized carbons (Fsp3) is 0.259. The fourth-order valence-electron chi connectivity index (χ4n) is 3.90. The van der Waals surface area contributed by atoms with Crippen LogP contribution in [0.1, 0.15) is 36.5 Å². The molecule has 0 radical (unpaired) electrons. The SMILES string of the molecule is CCc1ccccc1C(C=O)C(=O)N(c1ccccc1)c1cc(C(F)(F)F)ccc1N(C)CC. The molecule has 0 saturated carbocycles. The van der Waals surface area contributed by atoms with E-state index in [2.05, 4.69) is 0 Å². The Kier molecular flexibility index (Phi) is 7.76. The standard InChI is InChI=1S/C27H27F3N2O2/c1-4-19-11-9-10-14-22(19)23(18-33)26(34)32(21-12-7-6-8-13-21)25-17-20(27(28,29)30)15-16-24(25)31(3)5-2/h6-18,23H,4-5H2,1-3H3. The summed E-state index contributed by atoms with van der Waals surface area (Å²) >= 11 is 0. The van der Waals surface area contributed by atoms with E-state index in [-0.39, 0.29) is 5.69 Å². The second-order valence-electron chi connectivity index (χ2n) is 7.89. The zero-order chi connectivity index (χ0) is 24.9. The molecule has 0 spiro atoms. The van der Waals surface area contributed by atoms with Crippen LogP contribution in [0.2, 0.25) is 0 Å². The zero-order valence-electron chi connectivity index (χ0n) is 19.3. The van der Waals surface area contributed by atoms with E-state index >= 15 is 0 Å². The minimum atomic E-state index is -4.59. The molecule has 0 bridgehead atoms. The summed E-state index contributed by atoms with van der Waals surface area (Å²) in [5.74, 6) is -1.79. The second-order valence-corrected chi connectivity index (χ2v) is 7.89. The smallest absolute Gasteiger partial charge is 0.373 e. The molecule has 0 saturated heterocycles. The Hall–Kier alpha value is -3.61. The average molecular weight is 469 g/mol. The molecule has 3 aromatic carbocycles. The van der Waals surface area contributed by atoms with Crippen molar-refractivity contribution in [1.29, 1.82) is 0 Å². The van der Waals surface area contributed by atoms with Crippen molar-refractivity contribution in [1.82, 2.24) is 0 Å². The van der Waals surface area contributed by atoms with Crippen LogP contribution >= 0.6 is 0 Å². The number of nitrogens with zero attached hydrogens (tertiary/aromatic N) is 2. The van der Waals surface area contributed by atoms with Crippen molar-refractivity contribution < 1.29 is 22.8 Å². The van der Waals surface area contributed by atoms with Gasteiger partial charge in [0.2, 0.25) is 5.91 Å². The summed E-state index contributed by atoms with van der Waals surface area (Å²) in [7, 11) is 1.74. The van der Waals surface area contributed by atoms with Crippen molar-refractivity contribution in [2.75, 3.05) is 23.4 Å². The molecule has 0 heterocycles. The van der Waals surface area contributed by atoms with Crippen molar-refractivity contribution in [3.8, 4) is 0 Å². The minimum absolute atomic E-state index is 0.0659. The Morgan fingerprint density at radius 2 is 1.59 bits per heavy atom. The van der Waals surface area contributed by atoms with Crippen molar-refractivity contribution in [2.45, 2.75) is 32.4 Å². The Morgan fingerprint density at radius 1 is 0.941 bits per heavy atom. The van der Waals surface area contributed by atoms with Gasteiger partial charge in [0.05, 0.1) is 16.9 Å². The van der Waals surface area contributed by atoms with Crippen LogP contribution in [0.5, 0.6) is 0 Å². The third-order valence-electron chi connectivity index (χ3n) is 5.84. The van der Waals surface area contributed by atoms with Crippen LogP contribution in [0.3, 0.4) is 0 Å². The number of aldehydes is 1. The summed E-state index contributed by atoms with van der Waals surface area (Å²) in [5, 5.41) is 0. The molecule has 3 rings (SSSR count). The summed E-state index contributed by atoms with van der Waals surface area (Å²) in [6, 6.07) is 18.9. The van der Waals surface area contributed by atoms with E-state index in [1.165, 1.54) is 11.0 Å². The molecule has 7 heteroatoms. The quantitative estimate of drug-likeness (QED) is 0.285. The number of rotatable bonds is 8. The molecule has 0 aliphatic heterocycles. The summed E-state index contributed by atoms with van der Waals surface area (Å²) in [4.78, 5) is 29.2. The molecular weight excluding hydrogens is 441 g/mol. The number of anilines is 3. The first kappa shape index (κ1) is 25.0. The monoisotopic (exact) mass is 468 g/mol. The van der Waals surface area contributed by atoms with Crippen LogP contribution in [0, 0.1) is 0 Å². The molecule has 0 fully saturated rings. The van der Waals surface area contributed by atoms with Crippen LogP contribution in [-0.4, -0.2) is 25.8 Å². The van der Waals surface area contributed by atoms with Crippen LogP contribution in [-0.2, 0) is 22.2 Å². The first-order valence-electron chi connectivity index (χ1n) is 11.1. The predicted molar refractivity (Wildman–Crippen MR) is 129 cm³/mol. The maximum Gasteiger partial charge on any atom is 0.416 e. The van der Waals surface area contributed by atoms with Crippen LogP contribution in [0.25, 0.3) is 0 Å². The summed E-state index contributed by atoms with van der Waals surface area (Å²) in [5.41, 5.74) is 1.39. The van der Waals surface area contributed by atoms with Gasteiger partial charge in [0.25, 0.3) is 0 Å². The highest BCUT2D eigenvalue weighted by atomic mass is 19.4. The largest absolute Gasteiger partial charge is 0.416 e. The average Bonchev–Trinajstić information content (AvgIpc) is 2.84. The molecule has 1 unspecified atom stereocenters. The van der Waals surface area contributed by atoms with E-state index < -0.39 is 23.6 Å². The number of para-hydroxylation sites is 1. The van der Waals surface area contributed by atoms with Gasteiger partial charge in [-0.1, -0.05) is 49.4 Å². The lowest BCUT2D eigenvalue weighted by atomic mass is 9.92. The number of aryl methyl sites for hydroxylation is 1. The number of hydrogen-bond acceptors (Lipinski definition) is 3. The number of alkyl halides is 3. The maximum absolute atomic E-state index is 14.0. The Morgan fingerprint density at radius 3 is 2.18 bits per heavy atom. The lowest BCUT2D eigenvalue weighted by Gasteiger charge is -2.31. The Balaban J connectivity index is 2.27. The minimum Gasteiger partial charge on any atom is -0.373 e. The van der Waals surface area contributed by atoms with E-state index in [4.69, 9.17) is 0 Å². The first-order chi connectivity index (χ1) is 16.2. The van der Waals surface area contributed by atoms with E-state index in [0.29, 0.717) is 36.2 Å². The van der Waals surface area contributed by atoms with Gasteiger partial charge < -0.3 is 9.69 Å². The molecule has 178 valence electrons. The normalized spacial score (nSPS) is 12.2. The van der Waals surface area contributed by atoms with Crippen molar-refractivity contribution in [2.24, 2.45) is 0 Å². The highest BCUT2D eigenvalue weighted by molar-refractivity contribution is 6.12. The van der Waals surface area contributed by atoms with Gasteiger partial charge in [-0.2, -0.15) is 13.2 Å². The topological polar surface area (TPSA) is 40.6 Å². The van der Waals surface area contributed by atoms with Crippen molar-refractivity contribution in [3.05, 3.63) is 89.5 Å². The third kappa shape index (κ3) is 5.14. The van der Waals surface area contributed by atoms with Gasteiger partial charge in [-0.15, -0.1) is 0 Å². The van der Waals surface area contributed by atoms with Gasteiger partial charge in [-0.05, 0) is 54.8 Å². The van der Waals surface area contributed by atoms with E-state index in [0.717, 1.165) is 17.7 Å². The molecule has 3 aromatic rings. The molecule has 0 N–H and O–H groups in total. The number of benzene rings is 3. The fourth-order valence-corrected chi connectivity index (χ4v) is 3.90. The number of amides is 1. The number of halogens is 3. The lowest BCUT2D eigenvalue weighted by molar-refractivity contribution is -0.137. The molecule has 1 amide bonds. The molecule has 1 atom stereocenters. The van der Waals surface area contributed by atoms with Gasteiger partial charge >= 0.3 is 6.18 Å². The Labute approximate surface area is 197 Å². The summed E-state index contributed by atoms with van der Waals surface area (Å²) in [6.07, 6.45) is -3.43. The van der Waals surface area contributed by atoms with E-state index in [1.54, 1.807) is 54.4 Å². The van der Waals surface area contributed by atoms with E-state index in [1.807, 2.05) is 26.0 Å². The number of carbonyl (C=O) groups is 2. The Bertz CT molecular complexity index is 1150. The highest BCUT2D eigenvalue weighted by Gasteiger charge is 2.35. The highest BCUT2D eigenvalue weighted by Crippen LogP contribution is 2.41. The number of hydrogen-bond donors (Lipinski definition) is 0. The second kappa shape index (κ2) is 10.5. The van der Waals surface area contributed by atoms with Gasteiger partial charge in [0.1, 0.15) is 12.2 Å². The van der Waals surface area contributed by atoms with E-state index in [9.17, 15) is 22.8 Å². The summed E-state index contributed by atoms with van der Waals surface area (Å²) < 4.78 is 41.0. The predicted octanol–water partition coefficient (Wildman–Crippen LogP) is 6.37. The zero-order valence-corrected chi connectivity index (χ0v) is 19.3. The third-order valence-corrected chi connectivity index (χ3v) is 5.84. The van der Waals surface area contributed by atoms with Gasteiger partial charge in [-0.3, -0.25) is 9.69 Å². The van der Waals surface area contributed by atoms with Gasteiger partial charge in [0, 0.05) is 19.3 Å². The molecule has 0 aliphatic carbocycles. The van der Waals surface area contributed by atoms with Crippen LogP contribution in [0.15, 0.2) is 72.8 Å². The van der Waals surface area contributed by atoms with Crippen molar-refractivity contribution in [3.63, 3.8) is 0 Å².